The zero-order valence-electron chi connectivity index (χ0n) is 75.6. The number of nitrogens with zero attached hydrogens (tertiary/aromatic N) is 5. The van der Waals surface area contributed by atoms with E-state index in [1.807, 2.05) is 0 Å². The second-order valence-corrected chi connectivity index (χ2v) is 19.4. The molecule has 0 bridgehead atoms. The number of para-hydroxylation sites is 5. The van der Waals surface area contributed by atoms with Crippen molar-refractivity contribution >= 4 is 104 Å². The van der Waals surface area contributed by atoms with Crippen LogP contribution in [0.5, 0.6) is 0 Å². The summed E-state index contributed by atoms with van der Waals surface area (Å²) in [6.45, 7) is 0. The summed E-state index contributed by atoms with van der Waals surface area (Å²) in [6, 6.07) is -48.0. The molecule has 7 heteroatoms. The molecule has 14 aromatic rings. The maximum Gasteiger partial charge on any atom is 0.238 e. The molecule has 0 aliphatic heterocycles. The largest absolute Gasteiger partial charge is 0.309 e. The van der Waals surface area contributed by atoms with E-state index < -0.39 is 370 Å². The maximum atomic E-state index is 10.9. The molecule has 4 heterocycles. The molecule has 0 amide bonds. The van der Waals surface area contributed by atoms with Crippen LogP contribution in [-0.2, 0) is 0 Å². The Morgan fingerprint density at radius 3 is 1.44 bits per heavy atom. The number of benzene rings is 10. The lowest BCUT2D eigenvalue weighted by Gasteiger charge is -2.34. The molecule has 0 spiro atoms. The molecule has 5 nitrogen and oxygen atoms in total. The van der Waals surface area contributed by atoms with Crippen LogP contribution in [0.25, 0.3) is 98.2 Å². The zero-order valence-corrected chi connectivity index (χ0v) is 36.5. The molecule has 70 heavy (non-hydrogen) atoms. The third-order valence-corrected chi connectivity index (χ3v) is 16.3. The Hall–Kier alpha value is -8.75. The highest BCUT2D eigenvalue weighted by Crippen LogP contribution is 2.38. The minimum atomic E-state index is -6.87. The molecule has 0 saturated carbocycles. The lowest BCUT2D eigenvalue weighted by molar-refractivity contribution is 0.952. The molecule has 0 unspecified atom stereocenters. The van der Waals surface area contributed by atoms with E-state index in [9.17, 15) is 38.4 Å². The van der Waals surface area contributed by atoms with Crippen molar-refractivity contribution < 1.29 is 56.2 Å². The second-order valence-electron chi connectivity index (χ2n) is 14.8. The summed E-state index contributed by atoms with van der Waals surface area (Å²) in [4.78, 5) is 13.8. The lowest BCUT2D eigenvalue weighted by Crippen LogP contribution is -2.74. The van der Waals surface area contributed by atoms with Gasteiger partial charge in [0.25, 0.3) is 0 Å². The van der Waals surface area contributed by atoms with E-state index in [-0.39, 0.29) is 4.70 Å². The van der Waals surface area contributed by atoms with Crippen LogP contribution < -0.4 is 20.7 Å². The fraction of sp³-hybridized carbons (Fsp3) is 0. The first-order valence-corrected chi connectivity index (χ1v) is 23.2. The fourth-order valence-corrected chi connectivity index (χ4v) is 12.9. The Kier molecular flexibility index (Phi) is 3.87. The first-order valence-electron chi connectivity index (χ1n) is 40.8. The van der Waals surface area contributed by atoms with Gasteiger partial charge in [-0.3, -0.25) is 4.57 Å². The van der Waals surface area contributed by atoms with Crippen molar-refractivity contribution in [2.24, 2.45) is 0 Å². The van der Waals surface area contributed by atoms with Crippen molar-refractivity contribution in [2.75, 3.05) is 0 Å². The molecular weight excluding hydrogens is 887 g/mol. The molecule has 0 N–H and O–H groups in total. The van der Waals surface area contributed by atoms with E-state index in [1.165, 1.54) is 0 Å². The molecule has 0 radical (unpaired) electrons. The standard InChI is InChI=1S/C63H41N5SSi/c1-3-21-43(22-4-1)70(44-23-5-2-6-24-44,46-38-39-60-53(41-46)51-30-12-18-37-59(51)69-60)45-25-19-20-42(40-45)61-64-62(66-63(65-61)68-56-34-15-9-28-49(56)50-29-10-16-35-57(50)68)52-31-11-17-36-58(52)67-54-32-13-7-26-47(54)48-27-8-14-33-55(48)67/h1-41H/i1D,2D,3D,4D,5D,6D,7D,8D,9D,10D,11D,12D,13D,14D,15D,16D,17D,18D,19D,20D,21D,22D,23D,24D,25D,26D,27D,28D,29D,30D,31D,32D,33D,34D,35D,36D,37D,38D,39D,40D,41D. The Balaban J connectivity index is 1.30. The van der Waals surface area contributed by atoms with Gasteiger partial charge in [0.15, 0.2) is 19.7 Å². The van der Waals surface area contributed by atoms with Gasteiger partial charge in [-0.05, 0) is 69.1 Å². The first-order chi connectivity index (χ1) is 51.8. The molecule has 0 saturated heterocycles. The Labute approximate surface area is 466 Å². The smallest absolute Gasteiger partial charge is 0.238 e. The van der Waals surface area contributed by atoms with E-state index in [2.05, 4.69) is 15.0 Å². The van der Waals surface area contributed by atoms with Crippen LogP contribution in [0.3, 0.4) is 0 Å². The van der Waals surface area contributed by atoms with E-state index >= 15 is 0 Å². The predicted octanol–water partition coefficient (Wildman–Crippen LogP) is 13.1. The van der Waals surface area contributed by atoms with Crippen LogP contribution >= 0.6 is 11.3 Å². The number of hydrogen-bond donors (Lipinski definition) is 0. The van der Waals surface area contributed by atoms with Crippen LogP contribution in [0.4, 0.5) is 0 Å². The van der Waals surface area contributed by atoms with Crippen molar-refractivity contribution in [1.29, 1.82) is 0 Å². The number of thiophene rings is 1. The van der Waals surface area contributed by atoms with E-state index in [4.69, 9.17) is 17.8 Å². The highest BCUT2D eigenvalue weighted by molar-refractivity contribution is 7.26. The SMILES string of the molecule is [2H]c1c([2H])c([2H])c([Si](c2c([2H])c([2H])c([2H])c([2H])c2[2H])(c2c([2H])c([2H])c([2H])c(-c3nc(-c4c([2H])c([2H])c([2H])c([2H])c4-n4c5c([2H])c([2H])c([2H])c([2H])c5c5c([2H])c([2H])c([2H])c([2H])c54)nc(-n4c5c([2H])c([2H])c([2H])c([2H])c5c5c([2H])c([2H])c([2H])c([2H])c54)n3)c2[2H])c2c([2H])c([2H])c3sc4c([2H])c([2H])c([2H])c([2H])c4c3c2[2H])c([2H])c1[2H]. The monoisotopic (exact) mass is 969 g/mol. The number of fused-ring (bicyclic) bond motifs is 9. The van der Waals surface area contributed by atoms with Gasteiger partial charge in [-0.25, -0.2) is 4.98 Å². The summed E-state index contributed by atoms with van der Waals surface area (Å²) >= 11 is 0.446. The summed E-state index contributed by atoms with van der Waals surface area (Å²) in [6.07, 6.45) is 0. The van der Waals surface area contributed by atoms with Gasteiger partial charge in [0.1, 0.15) is 0 Å². The van der Waals surface area contributed by atoms with Crippen LogP contribution in [0.1, 0.15) is 56.2 Å². The van der Waals surface area contributed by atoms with Crippen LogP contribution in [0.2, 0.25) is 0 Å². The average molecular weight is 969 g/mol. The minimum Gasteiger partial charge on any atom is -0.309 e. The third kappa shape index (κ3) is 6.19. The van der Waals surface area contributed by atoms with E-state index in [1.54, 1.807) is 0 Å². The third-order valence-electron chi connectivity index (χ3n) is 11.2. The Bertz CT molecular complexity index is 6530. The predicted molar refractivity (Wildman–Crippen MR) is 296 cm³/mol. The average Bonchev–Trinajstić information content (AvgIpc) is 0.951. The number of aromatic nitrogens is 5. The zero-order chi connectivity index (χ0) is 81.9. The van der Waals surface area contributed by atoms with Gasteiger partial charge < -0.3 is 4.57 Å². The van der Waals surface area contributed by atoms with Gasteiger partial charge in [-0.2, -0.15) is 9.97 Å². The van der Waals surface area contributed by atoms with Crippen LogP contribution in [0, 0.1) is 0 Å². The molecule has 10 aromatic carbocycles. The lowest BCUT2D eigenvalue weighted by atomic mass is 10.1. The van der Waals surface area contributed by atoms with Gasteiger partial charge in [0.2, 0.25) is 5.95 Å². The summed E-state index contributed by atoms with van der Waals surface area (Å²) in [7, 11) is -6.87. The fourth-order valence-electron chi connectivity index (χ4n) is 8.35. The van der Waals surface area contributed by atoms with E-state index in [0.717, 1.165) is 0 Å². The quantitative estimate of drug-likeness (QED) is 0.113. The van der Waals surface area contributed by atoms with Gasteiger partial charge in [-0.1, -0.05) is 199 Å². The summed E-state index contributed by atoms with van der Waals surface area (Å²) in [5.74, 6) is -3.90. The molecule has 328 valence electrons. The Morgan fingerprint density at radius 1 is 0.343 bits per heavy atom. The van der Waals surface area contributed by atoms with E-state index in [0.29, 0.717) is 20.5 Å². The Morgan fingerprint density at radius 2 is 0.814 bits per heavy atom. The number of hydrogen-bond acceptors (Lipinski definition) is 4. The van der Waals surface area contributed by atoms with Crippen molar-refractivity contribution in [3.8, 4) is 34.4 Å². The highest BCUT2D eigenvalue weighted by atomic mass is 32.1. The van der Waals surface area contributed by atoms with Gasteiger partial charge >= 0.3 is 0 Å². The molecule has 0 atom stereocenters. The van der Waals surface area contributed by atoms with Gasteiger partial charge in [-0.15, -0.1) is 11.3 Å². The summed E-state index contributed by atoms with van der Waals surface area (Å²) in [5, 5.41) is -9.30. The maximum absolute atomic E-state index is 10.9. The second kappa shape index (κ2) is 16.2. The number of rotatable bonds is 8. The van der Waals surface area contributed by atoms with Gasteiger partial charge in [0.05, 0.1) is 84.0 Å². The van der Waals surface area contributed by atoms with Crippen molar-refractivity contribution in [3.05, 3.63) is 248 Å². The highest BCUT2D eigenvalue weighted by Gasteiger charge is 2.42. The normalized spacial score (nSPS) is 20.2. The molecule has 0 aliphatic carbocycles. The van der Waals surface area contributed by atoms with Crippen LogP contribution in [0.15, 0.2) is 248 Å². The minimum absolute atomic E-state index is 0.377. The topological polar surface area (TPSA) is 48.5 Å². The van der Waals surface area contributed by atoms with Crippen LogP contribution in [-0.4, -0.2) is 32.2 Å². The first kappa shape index (κ1) is 16.7. The summed E-state index contributed by atoms with van der Waals surface area (Å²) in [5.41, 5.74) is -6.91. The van der Waals surface area contributed by atoms with Gasteiger partial charge in [0, 0.05) is 52.8 Å². The van der Waals surface area contributed by atoms with Crippen molar-refractivity contribution in [2.45, 2.75) is 0 Å². The molecule has 14 rings (SSSR count). The van der Waals surface area contributed by atoms with Crippen molar-refractivity contribution in [3.63, 3.8) is 0 Å². The molecule has 0 fully saturated rings. The summed E-state index contributed by atoms with van der Waals surface area (Å²) < 4.78 is 386. The molecule has 4 aromatic heterocycles. The molecule has 0 aliphatic rings. The van der Waals surface area contributed by atoms with Crippen molar-refractivity contribution in [1.82, 2.24) is 24.1 Å². The molecular formula is C63H41N5SSi.